The first-order valence-corrected chi connectivity index (χ1v) is 7.50. The lowest BCUT2D eigenvalue weighted by molar-refractivity contribution is 0.600. The van der Waals surface area contributed by atoms with Gasteiger partial charge in [0.1, 0.15) is 9.84 Å². The van der Waals surface area contributed by atoms with Gasteiger partial charge in [0.15, 0.2) is 0 Å². The average molecular weight is 292 g/mol. The summed E-state index contributed by atoms with van der Waals surface area (Å²) in [6, 6.07) is 7.79. The minimum Gasteiger partial charge on any atom is -0.385 e. The number of hydrogen-bond acceptors (Lipinski definition) is 3. The fraction of sp³-hybridized carbons (Fsp3) is 0.400. The Kier molecular flexibility index (Phi) is 4.60. The first kappa shape index (κ1) is 12.5. The molecular formula is C10H14BrNO2S. The summed E-state index contributed by atoms with van der Waals surface area (Å²) < 4.78 is 22.7. The number of halogens is 1. The van der Waals surface area contributed by atoms with Crippen molar-refractivity contribution >= 4 is 31.5 Å². The predicted molar refractivity (Wildman–Crippen MR) is 67.0 cm³/mol. The Morgan fingerprint density at radius 1 is 1.40 bits per heavy atom. The van der Waals surface area contributed by atoms with E-state index in [4.69, 9.17) is 0 Å². The van der Waals surface area contributed by atoms with E-state index in [0.717, 1.165) is 10.2 Å². The van der Waals surface area contributed by atoms with Crippen LogP contribution in [0.1, 0.15) is 6.42 Å². The first-order chi connectivity index (χ1) is 6.97. The van der Waals surface area contributed by atoms with Crippen LogP contribution in [0.25, 0.3) is 0 Å². The summed E-state index contributed by atoms with van der Waals surface area (Å²) in [5.74, 6) is 0.230. The molecule has 84 valence electrons. The molecule has 3 nitrogen and oxygen atoms in total. The molecule has 0 amide bonds. The summed E-state index contributed by atoms with van der Waals surface area (Å²) in [4.78, 5) is 0. The molecule has 0 unspecified atom stereocenters. The topological polar surface area (TPSA) is 46.2 Å². The maximum atomic E-state index is 10.9. The van der Waals surface area contributed by atoms with Crippen LogP contribution in [0.15, 0.2) is 28.7 Å². The normalized spacial score (nSPS) is 11.3. The van der Waals surface area contributed by atoms with Crippen LogP contribution in [-0.2, 0) is 9.84 Å². The molecule has 0 saturated heterocycles. The van der Waals surface area contributed by atoms with Crippen molar-refractivity contribution in [1.29, 1.82) is 0 Å². The van der Waals surface area contributed by atoms with E-state index in [1.807, 2.05) is 24.3 Å². The summed E-state index contributed by atoms with van der Waals surface area (Å²) in [6.07, 6.45) is 1.89. The Morgan fingerprint density at radius 2 is 2.13 bits per heavy atom. The van der Waals surface area contributed by atoms with Crippen molar-refractivity contribution in [3.63, 3.8) is 0 Å². The number of sulfone groups is 1. The quantitative estimate of drug-likeness (QED) is 0.847. The molecule has 0 atom stereocenters. The van der Waals surface area contributed by atoms with Crippen LogP contribution in [-0.4, -0.2) is 27.0 Å². The zero-order valence-electron chi connectivity index (χ0n) is 8.53. The lowest BCUT2D eigenvalue weighted by Crippen LogP contribution is -2.09. The molecule has 0 bridgehead atoms. The average Bonchev–Trinajstić information content (AvgIpc) is 2.11. The molecule has 1 rings (SSSR count). The SMILES string of the molecule is CS(=O)(=O)CCCNc1cccc(Br)c1. The molecule has 0 aliphatic carbocycles. The molecule has 0 aromatic heterocycles. The summed E-state index contributed by atoms with van der Waals surface area (Å²) in [5, 5.41) is 3.16. The van der Waals surface area contributed by atoms with Gasteiger partial charge in [0.2, 0.25) is 0 Å². The Bertz CT molecular complexity index is 417. The van der Waals surface area contributed by atoms with Crippen LogP contribution >= 0.6 is 15.9 Å². The molecule has 0 radical (unpaired) electrons. The molecule has 0 heterocycles. The van der Waals surface area contributed by atoms with E-state index in [9.17, 15) is 8.42 Å². The fourth-order valence-electron chi connectivity index (χ4n) is 1.17. The zero-order valence-corrected chi connectivity index (χ0v) is 10.9. The Hall–Kier alpha value is -0.550. The number of anilines is 1. The second-order valence-electron chi connectivity index (χ2n) is 3.42. The van der Waals surface area contributed by atoms with Crippen molar-refractivity contribution in [2.75, 3.05) is 23.9 Å². The molecule has 0 aliphatic heterocycles. The third kappa shape index (κ3) is 5.79. The Labute approximate surface area is 98.9 Å². The van der Waals surface area contributed by atoms with Crippen LogP contribution in [0.5, 0.6) is 0 Å². The van der Waals surface area contributed by atoms with Crippen LogP contribution in [0.2, 0.25) is 0 Å². The van der Waals surface area contributed by atoms with Crippen LogP contribution in [0, 0.1) is 0 Å². The lowest BCUT2D eigenvalue weighted by atomic mass is 10.3. The van der Waals surface area contributed by atoms with Gasteiger partial charge in [-0.25, -0.2) is 8.42 Å². The van der Waals surface area contributed by atoms with Gasteiger partial charge in [0, 0.05) is 23.0 Å². The fourth-order valence-corrected chi connectivity index (χ4v) is 2.23. The summed E-state index contributed by atoms with van der Waals surface area (Å²) >= 11 is 3.37. The van der Waals surface area contributed by atoms with E-state index < -0.39 is 9.84 Å². The van der Waals surface area contributed by atoms with Gasteiger partial charge >= 0.3 is 0 Å². The maximum absolute atomic E-state index is 10.9. The van der Waals surface area contributed by atoms with E-state index in [-0.39, 0.29) is 5.75 Å². The van der Waals surface area contributed by atoms with Gasteiger partial charge in [-0.1, -0.05) is 22.0 Å². The predicted octanol–water partition coefficient (Wildman–Crippen LogP) is 2.30. The van der Waals surface area contributed by atoms with Gasteiger partial charge in [-0.15, -0.1) is 0 Å². The van der Waals surface area contributed by atoms with Gasteiger partial charge < -0.3 is 5.32 Å². The Morgan fingerprint density at radius 3 is 2.73 bits per heavy atom. The van der Waals surface area contributed by atoms with Crippen molar-refractivity contribution in [2.24, 2.45) is 0 Å². The van der Waals surface area contributed by atoms with Gasteiger partial charge in [-0.3, -0.25) is 0 Å². The smallest absolute Gasteiger partial charge is 0.147 e. The molecule has 0 saturated carbocycles. The van der Waals surface area contributed by atoms with Crippen molar-refractivity contribution in [3.05, 3.63) is 28.7 Å². The van der Waals surface area contributed by atoms with Crippen molar-refractivity contribution in [2.45, 2.75) is 6.42 Å². The maximum Gasteiger partial charge on any atom is 0.147 e. The standard InChI is InChI=1S/C10H14BrNO2S/c1-15(13,14)7-3-6-12-10-5-2-4-9(11)8-10/h2,4-5,8,12H,3,6-7H2,1H3. The lowest BCUT2D eigenvalue weighted by Gasteiger charge is -2.05. The van der Waals surface area contributed by atoms with E-state index in [1.54, 1.807) is 0 Å². The van der Waals surface area contributed by atoms with Gasteiger partial charge in [0.05, 0.1) is 5.75 Å². The van der Waals surface area contributed by atoms with Crippen LogP contribution < -0.4 is 5.32 Å². The highest BCUT2D eigenvalue weighted by Crippen LogP contribution is 2.15. The highest BCUT2D eigenvalue weighted by Gasteiger charge is 2.00. The summed E-state index contributed by atoms with van der Waals surface area (Å²) in [5.41, 5.74) is 0.998. The Balaban J connectivity index is 2.32. The number of rotatable bonds is 5. The van der Waals surface area contributed by atoms with E-state index >= 15 is 0 Å². The molecule has 1 aromatic rings. The third-order valence-corrected chi connectivity index (χ3v) is 3.37. The highest BCUT2D eigenvalue weighted by atomic mass is 79.9. The molecule has 15 heavy (non-hydrogen) atoms. The van der Waals surface area contributed by atoms with Crippen molar-refractivity contribution < 1.29 is 8.42 Å². The second-order valence-corrected chi connectivity index (χ2v) is 6.60. The molecular weight excluding hydrogens is 278 g/mol. The number of hydrogen-bond donors (Lipinski definition) is 1. The number of benzene rings is 1. The molecule has 0 fully saturated rings. The molecule has 0 spiro atoms. The molecule has 0 aliphatic rings. The zero-order chi connectivity index (χ0) is 11.3. The third-order valence-electron chi connectivity index (χ3n) is 1.85. The molecule has 5 heteroatoms. The molecule has 1 N–H and O–H groups in total. The van der Waals surface area contributed by atoms with Gasteiger partial charge in [0.25, 0.3) is 0 Å². The monoisotopic (exact) mass is 291 g/mol. The van der Waals surface area contributed by atoms with Crippen molar-refractivity contribution in [1.82, 2.24) is 0 Å². The first-order valence-electron chi connectivity index (χ1n) is 4.64. The van der Waals surface area contributed by atoms with E-state index in [0.29, 0.717) is 13.0 Å². The molecule has 1 aromatic carbocycles. The van der Waals surface area contributed by atoms with E-state index in [2.05, 4.69) is 21.2 Å². The van der Waals surface area contributed by atoms with E-state index in [1.165, 1.54) is 6.26 Å². The minimum absolute atomic E-state index is 0.230. The largest absolute Gasteiger partial charge is 0.385 e. The van der Waals surface area contributed by atoms with Crippen LogP contribution in [0.4, 0.5) is 5.69 Å². The van der Waals surface area contributed by atoms with Gasteiger partial charge in [-0.05, 0) is 24.6 Å². The minimum atomic E-state index is -2.84. The number of nitrogens with one attached hydrogen (secondary N) is 1. The summed E-state index contributed by atoms with van der Waals surface area (Å²) in [6.45, 7) is 0.670. The van der Waals surface area contributed by atoms with Gasteiger partial charge in [-0.2, -0.15) is 0 Å². The highest BCUT2D eigenvalue weighted by molar-refractivity contribution is 9.10. The van der Waals surface area contributed by atoms with Crippen LogP contribution in [0.3, 0.4) is 0 Å². The summed E-state index contributed by atoms with van der Waals surface area (Å²) in [7, 11) is -2.84. The second kappa shape index (κ2) is 5.51. The van der Waals surface area contributed by atoms with Crippen molar-refractivity contribution in [3.8, 4) is 0 Å².